The van der Waals surface area contributed by atoms with Crippen LogP contribution in [0.25, 0.3) is 0 Å². The SMILES string of the molecule is C=C1CO[C@@H](c2oc(OC)c(C)c(=O)c2C)C1. The van der Waals surface area contributed by atoms with E-state index in [-0.39, 0.29) is 17.5 Å². The van der Waals surface area contributed by atoms with Crippen molar-refractivity contribution >= 4 is 0 Å². The van der Waals surface area contributed by atoms with Gasteiger partial charge in [0.05, 0.1) is 19.3 Å². The quantitative estimate of drug-likeness (QED) is 0.739. The second-order valence-electron chi connectivity index (χ2n) is 4.29. The van der Waals surface area contributed by atoms with Crippen molar-refractivity contribution in [2.75, 3.05) is 13.7 Å². The van der Waals surface area contributed by atoms with Gasteiger partial charge < -0.3 is 13.9 Å². The number of methoxy groups -OCH3 is 1. The molecule has 4 heteroatoms. The largest absolute Gasteiger partial charge is 0.468 e. The predicted molar refractivity (Wildman–Crippen MR) is 63.5 cm³/mol. The highest BCUT2D eigenvalue weighted by molar-refractivity contribution is 5.31. The van der Waals surface area contributed by atoms with Crippen molar-refractivity contribution in [3.05, 3.63) is 39.3 Å². The Morgan fingerprint density at radius 1 is 1.35 bits per heavy atom. The second kappa shape index (κ2) is 4.37. The highest BCUT2D eigenvalue weighted by Gasteiger charge is 2.27. The van der Waals surface area contributed by atoms with Crippen molar-refractivity contribution in [1.29, 1.82) is 0 Å². The van der Waals surface area contributed by atoms with Gasteiger partial charge in [-0.1, -0.05) is 6.58 Å². The van der Waals surface area contributed by atoms with Crippen molar-refractivity contribution in [3.63, 3.8) is 0 Å². The maximum atomic E-state index is 12.0. The van der Waals surface area contributed by atoms with Crippen molar-refractivity contribution in [3.8, 4) is 5.95 Å². The van der Waals surface area contributed by atoms with E-state index in [1.54, 1.807) is 13.8 Å². The summed E-state index contributed by atoms with van der Waals surface area (Å²) in [5.41, 5.74) is 2.04. The van der Waals surface area contributed by atoms with E-state index >= 15 is 0 Å². The Bertz CT molecular complexity index is 513. The molecule has 0 bridgehead atoms. The summed E-state index contributed by atoms with van der Waals surface area (Å²) in [4.78, 5) is 12.0. The molecule has 0 aliphatic carbocycles. The molecular weight excluding hydrogens is 220 g/mol. The van der Waals surface area contributed by atoms with Crippen LogP contribution in [0.2, 0.25) is 0 Å². The standard InChI is InChI=1S/C13H16O4/c1-7-5-10(16-6-7)12-8(2)11(14)9(3)13(15-4)17-12/h10H,1,5-6H2,2-4H3/t10-/m1/s1. The van der Waals surface area contributed by atoms with Crippen molar-refractivity contribution in [2.24, 2.45) is 0 Å². The Balaban J connectivity index is 2.51. The first-order valence-electron chi connectivity index (χ1n) is 5.51. The minimum atomic E-state index is -0.218. The molecule has 1 atom stereocenters. The zero-order valence-corrected chi connectivity index (χ0v) is 10.3. The summed E-state index contributed by atoms with van der Waals surface area (Å²) in [5.74, 6) is 0.813. The molecule has 1 saturated heterocycles. The fourth-order valence-corrected chi connectivity index (χ4v) is 2.01. The zero-order chi connectivity index (χ0) is 12.6. The van der Waals surface area contributed by atoms with E-state index in [4.69, 9.17) is 13.9 Å². The van der Waals surface area contributed by atoms with E-state index in [1.165, 1.54) is 7.11 Å². The lowest BCUT2D eigenvalue weighted by Gasteiger charge is -2.13. The Hall–Kier alpha value is -1.55. The lowest BCUT2D eigenvalue weighted by Crippen LogP contribution is -2.15. The number of hydrogen-bond acceptors (Lipinski definition) is 4. The van der Waals surface area contributed by atoms with E-state index < -0.39 is 0 Å². The van der Waals surface area contributed by atoms with E-state index in [0.29, 0.717) is 29.9 Å². The molecule has 1 aromatic heterocycles. The molecule has 1 aliphatic heterocycles. The molecule has 1 fully saturated rings. The maximum Gasteiger partial charge on any atom is 0.291 e. The summed E-state index contributed by atoms with van der Waals surface area (Å²) in [6, 6.07) is 0. The molecule has 4 nitrogen and oxygen atoms in total. The summed E-state index contributed by atoms with van der Waals surface area (Å²) in [5, 5.41) is 0. The summed E-state index contributed by atoms with van der Waals surface area (Å²) >= 11 is 0. The Kier molecular flexibility index (Phi) is 3.07. The van der Waals surface area contributed by atoms with Gasteiger partial charge in [0, 0.05) is 12.0 Å². The number of hydrogen-bond donors (Lipinski definition) is 0. The summed E-state index contributed by atoms with van der Waals surface area (Å²) in [6.07, 6.45) is 0.473. The fraction of sp³-hybridized carbons (Fsp3) is 0.462. The minimum absolute atomic E-state index is 0.0517. The Morgan fingerprint density at radius 2 is 2.06 bits per heavy atom. The first-order chi connectivity index (χ1) is 8.04. The molecule has 2 rings (SSSR count). The fourth-order valence-electron chi connectivity index (χ4n) is 2.01. The van der Waals surface area contributed by atoms with Crippen LogP contribution in [0.15, 0.2) is 21.4 Å². The molecular formula is C13H16O4. The van der Waals surface area contributed by atoms with E-state index in [0.717, 1.165) is 5.57 Å². The van der Waals surface area contributed by atoms with E-state index in [2.05, 4.69) is 6.58 Å². The molecule has 2 heterocycles. The van der Waals surface area contributed by atoms with Crippen LogP contribution in [-0.2, 0) is 4.74 Å². The number of rotatable bonds is 2. The summed E-state index contributed by atoms with van der Waals surface area (Å²) in [6.45, 7) is 7.82. The first-order valence-corrected chi connectivity index (χ1v) is 5.51. The van der Waals surface area contributed by atoms with Crippen molar-refractivity contribution < 1.29 is 13.9 Å². The van der Waals surface area contributed by atoms with Crippen LogP contribution in [0.1, 0.15) is 29.4 Å². The molecule has 0 amide bonds. The molecule has 1 aromatic rings. The molecule has 0 unspecified atom stereocenters. The summed E-state index contributed by atoms with van der Waals surface area (Å²) < 4.78 is 16.2. The van der Waals surface area contributed by atoms with Gasteiger partial charge in [-0.05, 0) is 19.4 Å². The molecule has 1 aliphatic rings. The smallest absolute Gasteiger partial charge is 0.291 e. The Morgan fingerprint density at radius 3 is 2.59 bits per heavy atom. The molecule has 0 radical (unpaired) electrons. The lowest BCUT2D eigenvalue weighted by molar-refractivity contribution is 0.0880. The molecule has 0 N–H and O–H groups in total. The third-order valence-electron chi connectivity index (χ3n) is 3.00. The highest BCUT2D eigenvalue weighted by atomic mass is 16.6. The van der Waals surface area contributed by atoms with E-state index in [1.807, 2.05) is 0 Å². The third-order valence-corrected chi connectivity index (χ3v) is 3.00. The van der Waals surface area contributed by atoms with Crippen LogP contribution in [0.3, 0.4) is 0 Å². The van der Waals surface area contributed by atoms with E-state index in [9.17, 15) is 4.79 Å². The normalized spacial score (nSPS) is 19.7. The topological polar surface area (TPSA) is 48.7 Å². The van der Waals surface area contributed by atoms with Gasteiger partial charge in [-0.3, -0.25) is 4.79 Å². The maximum absolute atomic E-state index is 12.0. The molecule has 0 aromatic carbocycles. The van der Waals surface area contributed by atoms with Gasteiger partial charge in [0.25, 0.3) is 5.95 Å². The zero-order valence-electron chi connectivity index (χ0n) is 10.3. The minimum Gasteiger partial charge on any atom is -0.468 e. The molecule has 0 spiro atoms. The van der Waals surface area contributed by atoms with Crippen LogP contribution in [0.5, 0.6) is 5.95 Å². The highest BCUT2D eigenvalue weighted by Crippen LogP contribution is 2.34. The van der Waals surface area contributed by atoms with Crippen molar-refractivity contribution in [1.82, 2.24) is 0 Å². The van der Waals surface area contributed by atoms with Gasteiger partial charge in [0.1, 0.15) is 11.9 Å². The van der Waals surface area contributed by atoms with Gasteiger partial charge in [0.2, 0.25) is 0 Å². The van der Waals surface area contributed by atoms with Crippen LogP contribution in [0, 0.1) is 13.8 Å². The second-order valence-corrected chi connectivity index (χ2v) is 4.29. The van der Waals surface area contributed by atoms with Gasteiger partial charge in [-0.2, -0.15) is 0 Å². The van der Waals surface area contributed by atoms with Crippen LogP contribution in [-0.4, -0.2) is 13.7 Å². The Labute approximate surface area is 99.8 Å². The lowest BCUT2D eigenvalue weighted by atomic mass is 10.1. The monoisotopic (exact) mass is 236 g/mol. The average Bonchev–Trinajstić information content (AvgIpc) is 2.73. The van der Waals surface area contributed by atoms with Crippen molar-refractivity contribution in [2.45, 2.75) is 26.4 Å². The van der Waals surface area contributed by atoms with Gasteiger partial charge in [-0.25, -0.2) is 0 Å². The van der Waals surface area contributed by atoms with Gasteiger partial charge in [0.15, 0.2) is 5.43 Å². The third kappa shape index (κ3) is 2.00. The van der Waals surface area contributed by atoms with Gasteiger partial charge in [-0.15, -0.1) is 0 Å². The van der Waals surface area contributed by atoms with Crippen LogP contribution < -0.4 is 10.2 Å². The first kappa shape index (κ1) is 11.9. The van der Waals surface area contributed by atoms with Gasteiger partial charge >= 0.3 is 0 Å². The molecule has 0 saturated carbocycles. The average molecular weight is 236 g/mol. The predicted octanol–water partition coefficient (Wildman–Crippen LogP) is 2.28. The molecule has 92 valence electrons. The summed E-state index contributed by atoms with van der Waals surface area (Å²) in [7, 11) is 1.48. The van der Waals surface area contributed by atoms with Crippen LogP contribution >= 0.6 is 0 Å². The number of ether oxygens (including phenoxy) is 2. The van der Waals surface area contributed by atoms with Crippen LogP contribution in [0.4, 0.5) is 0 Å². The molecule has 17 heavy (non-hydrogen) atoms.